The van der Waals surface area contributed by atoms with Crippen molar-refractivity contribution in [3.8, 4) is 5.75 Å². The van der Waals surface area contributed by atoms with Crippen molar-refractivity contribution in [2.45, 2.75) is 12.6 Å². The number of ketones is 1. The van der Waals surface area contributed by atoms with Gasteiger partial charge in [0.25, 0.3) is 11.7 Å². The van der Waals surface area contributed by atoms with Crippen LogP contribution < -0.4 is 4.74 Å². The van der Waals surface area contributed by atoms with Crippen molar-refractivity contribution in [1.82, 2.24) is 9.88 Å². The lowest BCUT2D eigenvalue weighted by Crippen LogP contribution is -2.29. The van der Waals surface area contributed by atoms with Crippen molar-refractivity contribution >= 4 is 40.7 Å². The average Bonchev–Trinajstić information content (AvgIpc) is 3.10. The first kappa shape index (κ1) is 23.5. The molecular weight excluding hydrogens is 475 g/mol. The van der Waals surface area contributed by atoms with E-state index in [0.29, 0.717) is 28.5 Å². The molecule has 1 N–H and O–H groups in total. The summed E-state index contributed by atoms with van der Waals surface area (Å²) in [5, 5.41) is 11.8. The molecule has 1 atom stereocenters. The summed E-state index contributed by atoms with van der Waals surface area (Å²) in [4.78, 5) is 31.7. The van der Waals surface area contributed by atoms with Crippen LogP contribution in [0.5, 0.6) is 5.75 Å². The van der Waals surface area contributed by atoms with E-state index in [-0.39, 0.29) is 22.9 Å². The van der Waals surface area contributed by atoms with Crippen molar-refractivity contribution < 1.29 is 19.4 Å². The second-order valence-corrected chi connectivity index (χ2v) is 8.40. The fourth-order valence-electron chi connectivity index (χ4n) is 3.78. The van der Waals surface area contributed by atoms with Crippen LogP contribution in [0.1, 0.15) is 22.7 Å². The molecule has 1 amide bonds. The van der Waals surface area contributed by atoms with Crippen LogP contribution >= 0.6 is 23.2 Å². The van der Waals surface area contributed by atoms with Gasteiger partial charge in [-0.15, -0.1) is 0 Å². The number of amides is 1. The lowest BCUT2D eigenvalue weighted by Gasteiger charge is -2.25. The molecule has 34 heavy (non-hydrogen) atoms. The molecular formula is C26H20Cl2N2O4. The van der Waals surface area contributed by atoms with Gasteiger partial charge in [-0.3, -0.25) is 14.6 Å². The van der Waals surface area contributed by atoms with Gasteiger partial charge in [0.2, 0.25) is 0 Å². The zero-order chi connectivity index (χ0) is 24.2. The topological polar surface area (TPSA) is 79.7 Å². The van der Waals surface area contributed by atoms with Gasteiger partial charge in [-0.2, -0.15) is 0 Å². The number of hydrogen-bond donors (Lipinski definition) is 1. The summed E-state index contributed by atoms with van der Waals surface area (Å²) in [5.74, 6) is -1.23. The molecule has 2 heterocycles. The zero-order valence-corrected chi connectivity index (χ0v) is 19.5. The average molecular weight is 495 g/mol. The predicted molar refractivity (Wildman–Crippen MR) is 131 cm³/mol. The van der Waals surface area contributed by atoms with Gasteiger partial charge in [-0.05, 0) is 53.6 Å². The van der Waals surface area contributed by atoms with Gasteiger partial charge in [-0.25, -0.2) is 0 Å². The number of rotatable bonds is 7. The Kier molecular flexibility index (Phi) is 7.01. The molecule has 2 aromatic carbocycles. The fourth-order valence-corrected chi connectivity index (χ4v) is 4.09. The van der Waals surface area contributed by atoms with Gasteiger partial charge in [0.15, 0.2) is 0 Å². The number of carbonyl (C=O) groups excluding carboxylic acids is 2. The molecule has 1 fully saturated rings. The van der Waals surface area contributed by atoms with Crippen molar-refractivity contribution in [2.24, 2.45) is 0 Å². The summed E-state index contributed by atoms with van der Waals surface area (Å²) in [5.41, 5.74) is 1.62. The number of carbonyl (C=O) groups is 2. The molecule has 1 aliphatic heterocycles. The fraction of sp³-hybridized carbons (Fsp3) is 0.115. The number of nitrogens with zero attached hydrogens (tertiary/aromatic N) is 2. The maximum Gasteiger partial charge on any atom is 0.295 e. The summed E-state index contributed by atoms with van der Waals surface area (Å²) in [7, 11) is 0. The summed E-state index contributed by atoms with van der Waals surface area (Å²) < 4.78 is 5.47. The molecule has 1 saturated heterocycles. The molecule has 0 spiro atoms. The first-order valence-electron chi connectivity index (χ1n) is 10.4. The summed E-state index contributed by atoms with van der Waals surface area (Å²) in [6.45, 7) is 4.06. The summed E-state index contributed by atoms with van der Waals surface area (Å²) >= 11 is 12.3. The number of pyridine rings is 1. The molecule has 0 saturated carbocycles. The van der Waals surface area contributed by atoms with Crippen LogP contribution in [0.4, 0.5) is 0 Å². The number of aliphatic hydroxyl groups is 1. The standard InChI is InChI=1S/C26H20Cl2N2O4/c1-2-12-34-19-8-5-17(6-9-19)24(31)22-23(18-7-10-20(27)21(28)13-18)30(26(33)25(22)32)15-16-4-3-11-29-14-16/h2-11,13-14,23,31H,1,12,15H2/b24-22-. The van der Waals surface area contributed by atoms with Crippen LogP contribution in [0.3, 0.4) is 0 Å². The minimum atomic E-state index is -0.869. The van der Waals surface area contributed by atoms with Crippen molar-refractivity contribution in [2.75, 3.05) is 6.61 Å². The quantitative estimate of drug-likeness (QED) is 0.201. The Morgan fingerprint density at radius 1 is 1.12 bits per heavy atom. The lowest BCUT2D eigenvalue weighted by atomic mass is 9.95. The van der Waals surface area contributed by atoms with E-state index >= 15 is 0 Å². The van der Waals surface area contributed by atoms with E-state index in [1.807, 2.05) is 0 Å². The van der Waals surface area contributed by atoms with Crippen molar-refractivity contribution in [3.63, 3.8) is 0 Å². The number of aromatic nitrogens is 1. The molecule has 1 aliphatic rings. The molecule has 4 rings (SSSR count). The predicted octanol–water partition coefficient (Wildman–Crippen LogP) is 5.58. The van der Waals surface area contributed by atoms with Crippen LogP contribution in [-0.4, -0.2) is 33.3 Å². The SMILES string of the molecule is C=CCOc1ccc(/C(O)=C2/C(=O)C(=O)N(Cc3cccnc3)C2c2ccc(Cl)c(Cl)c2)cc1. The highest BCUT2D eigenvalue weighted by Crippen LogP contribution is 2.41. The number of likely N-dealkylation sites (tertiary alicyclic amines) is 1. The third-order valence-corrected chi connectivity index (χ3v) is 6.11. The smallest absolute Gasteiger partial charge is 0.295 e. The minimum absolute atomic E-state index is 0.0351. The first-order chi connectivity index (χ1) is 16.4. The lowest BCUT2D eigenvalue weighted by molar-refractivity contribution is -0.140. The van der Waals surface area contributed by atoms with E-state index < -0.39 is 17.7 Å². The molecule has 1 aromatic heterocycles. The van der Waals surface area contributed by atoms with Gasteiger partial charge in [0, 0.05) is 24.5 Å². The van der Waals surface area contributed by atoms with Gasteiger partial charge in [0.05, 0.1) is 21.7 Å². The number of benzene rings is 2. The van der Waals surface area contributed by atoms with Crippen LogP contribution in [0.15, 0.2) is 85.2 Å². The number of Topliss-reactive ketones (excluding diaryl/α,β-unsaturated/α-hetero) is 1. The highest BCUT2D eigenvalue weighted by Gasteiger charge is 2.46. The Bertz CT molecular complexity index is 1270. The van der Waals surface area contributed by atoms with Crippen LogP contribution in [0, 0.1) is 0 Å². The van der Waals surface area contributed by atoms with Gasteiger partial charge in [-0.1, -0.05) is 48.0 Å². The Morgan fingerprint density at radius 3 is 2.53 bits per heavy atom. The number of halogens is 2. The second kappa shape index (κ2) is 10.1. The highest BCUT2D eigenvalue weighted by molar-refractivity contribution is 6.46. The largest absolute Gasteiger partial charge is 0.507 e. The maximum absolute atomic E-state index is 13.1. The minimum Gasteiger partial charge on any atom is -0.507 e. The molecule has 0 radical (unpaired) electrons. The molecule has 3 aromatic rings. The van der Waals surface area contributed by atoms with Gasteiger partial charge < -0.3 is 14.7 Å². The van der Waals surface area contributed by atoms with Gasteiger partial charge >= 0.3 is 0 Å². The third kappa shape index (κ3) is 4.69. The van der Waals surface area contributed by atoms with E-state index in [1.54, 1.807) is 73.1 Å². The monoisotopic (exact) mass is 494 g/mol. The highest BCUT2D eigenvalue weighted by atomic mass is 35.5. The molecule has 1 unspecified atom stereocenters. The van der Waals surface area contributed by atoms with E-state index in [1.165, 1.54) is 4.90 Å². The molecule has 8 heteroatoms. The van der Waals surface area contributed by atoms with Crippen LogP contribution in [0.25, 0.3) is 5.76 Å². The number of ether oxygens (including phenoxy) is 1. The van der Waals surface area contributed by atoms with Crippen LogP contribution in [-0.2, 0) is 16.1 Å². The van der Waals surface area contributed by atoms with Crippen LogP contribution in [0.2, 0.25) is 10.0 Å². The Balaban J connectivity index is 1.81. The van der Waals surface area contributed by atoms with E-state index in [2.05, 4.69) is 11.6 Å². The number of aliphatic hydroxyl groups excluding tert-OH is 1. The Morgan fingerprint density at radius 2 is 1.88 bits per heavy atom. The molecule has 0 aliphatic carbocycles. The molecule has 172 valence electrons. The second-order valence-electron chi connectivity index (χ2n) is 7.59. The van der Waals surface area contributed by atoms with Gasteiger partial charge in [0.1, 0.15) is 18.1 Å². The first-order valence-corrected chi connectivity index (χ1v) is 11.1. The van der Waals surface area contributed by atoms with E-state index in [9.17, 15) is 14.7 Å². The summed E-state index contributed by atoms with van der Waals surface area (Å²) in [6.07, 6.45) is 4.86. The van der Waals surface area contributed by atoms with E-state index in [4.69, 9.17) is 27.9 Å². The Labute approximate surface area is 206 Å². The normalized spacial score (nSPS) is 17.1. The van der Waals surface area contributed by atoms with E-state index in [0.717, 1.165) is 5.56 Å². The number of hydrogen-bond acceptors (Lipinski definition) is 5. The van der Waals surface area contributed by atoms with Crippen molar-refractivity contribution in [3.05, 3.63) is 112 Å². The molecule has 6 nitrogen and oxygen atoms in total. The zero-order valence-electron chi connectivity index (χ0n) is 17.9. The summed E-state index contributed by atoms with van der Waals surface area (Å²) in [6, 6.07) is 14.1. The maximum atomic E-state index is 13.1. The van der Waals surface area contributed by atoms with Crippen molar-refractivity contribution in [1.29, 1.82) is 0 Å². The Hall–Kier alpha value is -3.61. The third-order valence-electron chi connectivity index (χ3n) is 5.37. The molecule has 0 bridgehead atoms.